The Labute approximate surface area is 222 Å². The first-order valence-corrected chi connectivity index (χ1v) is 13.4. The first-order valence-electron chi connectivity index (χ1n) is 11.6. The Kier molecular flexibility index (Phi) is 7.80. The van der Waals surface area contributed by atoms with Gasteiger partial charge in [-0.1, -0.05) is 48.0 Å². The fraction of sp³-hybridized carbons (Fsp3) is 0.143. The van der Waals surface area contributed by atoms with Crippen molar-refractivity contribution in [2.75, 3.05) is 10.8 Å². The number of rotatable bonds is 8. The molecule has 1 N–H and O–H groups in total. The van der Waals surface area contributed by atoms with E-state index in [1.165, 1.54) is 12.1 Å². The number of hydrogen-bond acceptors (Lipinski definition) is 4. The van der Waals surface area contributed by atoms with E-state index in [2.05, 4.69) is 34.2 Å². The number of para-hydroxylation sites is 1. The smallest absolute Gasteiger partial charge is 0.264 e. The third-order valence-electron chi connectivity index (χ3n) is 5.95. The Bertz CT molecular complexity index is 1550. The maximum atomic E-state index is 13.4. The number of nitrogens with one attached hydrogen (secondary N) is 1. The van der Waals surface area contributed by atoms with Gasteiger partial charge in [-0.05, 0) is 74.9 Å². The lowest BCUT2D eigenvalue weighted by Crippen LogP contribution is -2.39. The molecule has 1 heterocycles. The molecule has 0 aliphatic carbocycles. The number of halogens is 1. The quantitative estimate of drug-likeness (QED) is 0.242. The van der Waals surface area contributed by atoms with Crippen LogP contribution in [0.2, 0.25) is 5.02 Å². The fourth-order valence-electron chi connectivity index (χ4n) is 4.09. The van der Waals surface area contributed by atoms with Crippen LogP contribution in [0.3, 0.4) is 0 Å². The number of carbonyl (C=O) groups is 1. The van der Waals surface area contributed by atoms with Crippen LogP contribution in [0.1, 0.15) is 22.5 Å². The molecule has 0 bridgehead atoms. The highest BCUT2D eigenvalue weighted by Gasteiger charge is 2.27. The second-order valence-electron chi connectivity index (χ2n) is 8.54. The SMILES string of the molecule is Cc1ccccc1-n1c(C)cc(/C=N\NC(=O)CN(c2ccc(Cl)cc2)S(=O)(=O)c2ccccc2)c1C. The van der Waals surface area contributed by atoms with Crippen LogP contribution in [0.25, 0.3) is 5.69 Å². The van der Waals surface area contributed by atoms with Gasteiger partial charge in [-0.2, -0.15) is 5.10 Å². The maximum Gasteiger partial charge on any atom is 0.264 e. The number of aryl methyl sites for hydroxylation is 2. The predicted molar refractivity (Wildman–Crippen MR) is 148 cm³/mol. The fourth-order valence-corrected chi connectivity index (χ4v) is 5.65. The summed E-state index contributed by atoms with van der Waals surface area (Å²) in [4.78, 5) is 12.9. The predicted octanol–water partition coefficient (Wildman–Crippen LogP) is 5.40. The standard InChI is InChI=1S/C28H27ClN4O3S/c1-20-9-7-8-12-27(20)33-21(2)17-23(22(33)3)18-30-31-28(34)19-32(25-15-13-24(29)14-16-25)37(35,36)26-10-5-4-6-11-26/h4-18H,19H2,1-3H3,(H,31,34)/b30-18-. The van der Waals surface area contributed by atoms with Crippen LogP contribution < -0.4 is 9.73 Å². The summed E-state index contributed by atoms with van der Waals surface area (Å²) >= 11 is 5.99. The topological polar surface area (TPSA) is 83.8 Å². The van der Waals surface area contributed by atoms with Gasteiger partial charge >= 0.3 is 0 Å². The van der Waals surface area contributed by atoms with E-state index >= 15 is 0 Å². The Morgan fingerprint density at radius 2 is 1.62 bits per heavy atom. The van der Waals surface area contributed by atoms with Crippen molar-refractivity contribution >= 4 is 39.4 Å². The van der Waals surface area contributed by atoms with E-state index in [-0.39, 0.29) is 4.90 Å². The summed E-state index contributed by atoms with van der Waals surface area (Å²) in [5.41, 5.74) is 7.83. The average molecular weight is 535 g/mol. The molecule has 0 fully saturated rings. The summed E-state index contributed by atoms with van der Waals surface area (Å²) in [7, 11) is -4.01. The van der Waals surface area contributed by atoms with Crippen molar-refractivity contribution in [2.45, 2.75) is 25.7 Å². The van der Waals surface area contributed by atoms with Gasteiger partial charge in [0.25, 0.3) is 15.9 Å². The van der Waals surface area contributed by atoms with Gasteiger partial charge in [0.15, 0.2) is 0 Å². The molecule has 9 heteroatoms. The maximum absolute atomic E-state index is 13.4. The van der Waals surface area contributed by atoms with Gasteiger partial charge in [0.1, 0.15) is 6.54 Å². The number of hydrogen-bond donors (Lipinski definition) is 1. The normalized spacial score (nSPS) is 11.6. The van der Waals surface area contributed by atoms with E-state index in [4.69, 9.17) is 11.6 Å². The van der Waals surface area contributed by atoms with Crippen molar-refractivity contribution in [3.8, 4) is 5.69 Å². The number of nitrogens with zero attached hydrogens (tertiary/aromatic N) is 3. The van der Waals surface area contributed by atoms with Crippen LogP contribution in [0.5, 0.6) is 0 Å². The zero-order chi connectivity index (χ0) is 26.6. The lowest BCUT2D eigenvalue weighted by atomic mass is 10.2. The molecule has 190 valence electrons. The molecule has 0 atom stereocenters. The molecule has 0 spiro atoms. The summed E-state index contributed by atoms with van der Waals surface area (Å²) in [6.07, 6.45) is 1.56. The van der Waals surface area contributed by atoms with Crippen molar-refractivity contribution in [1.82, 2.24) is 9.99 Å². The number of benzene rings is 3. The van der Waals surface area contributed by atoms with Crippen LogP contribution in [0, 0.1) is 20.8 Å². The molecule has 0 aliphatic heterocycles. The molecule has 0 saturated heterocycles. The average Bonchev–Trinajstić information content (AvgIpc) is 3.16. The molecule has 0 unspecified atom stereocenters. The number of sulfonamides is 1. The van der Waals surface area contributed by atoms with Gasteiger partial charge in [-0.25, -0.2) is 13.8 Å². The van der Waals surface area contributed by atoms with Crippen LogP contribution in [-0.4, -0.2) is 31.7 Å². The number of aromatic nitrogens is 1. The first kappa shape index (κ1) is 26.2. The molecule has 0 saturated carbocycles. The molecule has 37 heavy (non-hydrogen) atoms. The first-order chi connectivity index (χ1) is 17.7. The largest absolute Gasteiger partial charge is 0.318 e. The van der Waals surface area contributed by atoms with Crippen LogP contribution >= 0.6 is 11.6 Å². The molecule has 0 radical (unpaired) electrons. The van der Waals surface area contributed by atoms with E-state index in [9.17, 15) is 13.2 Å². The highest BCUT2D eigenvalue weighted by Crippen LogP contribution is 2.25. The summed E-state index contributed by atoms with van der Waals surface area (Å²) in [6.45, 7) is 5.58. The zero-order valence-corrected chi connectivity index (χ0v) is 22.3. The zero-order valence-electron chi connectivity index (χ0n) is 20.7. The molecule has 0 aliphatic rings. The number of amides is 1. The Hall–Kier alpha value is -3.88. The van der Waals surface area contributed by atoms with Gasteiger partial charge in [0.2, 0.25) is 0 Å². The highest BCUT2D eigenvalue weighted by molar-refractivity contribution is 7.92. The molecular formula is C28H27ClN4O3S. The Morgan fingerprint density at radius 3 is 2.30 bits per heavy atom. The third kappa shape index (κ3) is 5.76. The summed E-state index contributed by atoms with van der Waals surface area (Å²) in [5, 5.41) is 4.56. The lowest BCUT2D eigenvalue weighted by Gasteiger charge is -2.23. The molecule has 4 rings (SSSR count). The van der Waals surface area contributed by atoms with Gasteiger partial charge in [-0.15, -0.1) is 0 Å². The van der Waals surface area contributed by atoms with Gasteiger partial charge < -0.3 is 4.57 Å². The molecule has 1 amide bonds. The second kappa shape index (κ2) is 11.0. The highest BCUT2D eigenvalue weighted by atomic mass is 35.5. The number of carbonyl (C=O) groups excluding carboxylic acids is 1. The summed E-state index contributed by atoms with van der Waals surface area (Å²) < 4.78 is 29.9. The monoisotopic (exact) mass is 534 g/mol. The van der Waals surface area contributed by atoms with Gasteiger partial charge in [0.05, 0.1) is 16.8 Å². The molecular weight excluding hydrogens is 508 g/mol. The molecule has 4 aromatic rings. The number of hydrazone groups is 1. The van der Waals surface area contributed by atoms with E-state index < -0.39 is 22.5 Å². The van der Waals surface area contributed by atoms with E-state index in [0.29, 0.717) is 10.7 Å². The minimum atomic E-state index is -4.01. The van der Waals surface area contributed by atoms with Crippen LogP contribution in [0.15, 0.2) is 94.9 Å². The molecule has 1 aromatic heterocycles. The minimum Gasteiger partial charge on any atom is -0.318 e. The van der Waals surface area contributed by atoms with Crippen LogP contribution in [0.4, 0.5) is 5.69 Å². The van der Waals surface area contributed by atoms with E-state index in [1.807, 2.05) is 32.0 Å². The van der Waals surface area contributed by atoms with Gasteiger partial charge in [-0.3, -0.25) is 9.10 Å². The molecule has 7 nitrogen and oxygen atoms in total. The number of anilines is 1. The van der Waals surface area contributed by atoms with Gasteiger partial charge in [0, 0.05) is 27.7 Å². The molecule has 3 aromatic carbocycles. The summed E-state index contributed by atoms with van der Waals surface area (Å²) in [6, 6.07) is 24.3. The second-order valence-corrected chi connectivity index (χ2v) is 10.8. The van der Waals surface area contributed by atoms with Crippen molar-refractivity contribution in [3.63, 3.8) is 0 Å². The minimum absolute atomic E-state index is 0.0740. The van der Waals surface area contributed by atoms with Crippen molar-refractivity contribution in [1.29, 1.82) is 0 Å². The van der Waals surface area contributed by atoms with E-state index in [0.717, 1.165) is 32.5 Å². The van der Waals surface area contributed by atoms with E-state index in [1.54, 1.807) is 48.7 Å². The van der Waals surface area contributed by atoms with Crippen molar-refractivity contribution in [3.05, 3.63) is 112 Å². The van der Waals surface area contributed by atoms with Crippen molar-refractivity contribution in [2.24, 2.45) is 5.10 Å². The summed E-state index contributed by atoms with van der Waals surface area (Å²) in [5.74, 6) is -0.585. The third-order valence-corrected chi connectivity index (χ3v) is 7.99. The van der Waals surface area contributed by atoms with Crippen molar-refractivity contribution < 1.29 is 13.2 Å². The lowest BCUT2D eigenvalue weighted by molar-refractivity contribution is -0.119. The van der Waals surface area contributed by atoms with Crippen LogP contribution in [-0.2, 0) is 14.8 Å². The Balaban J connectivity index is 1.55. The Morgan fingerprint density at radius 1 is 0.973 bits per heavy atom.